The fourth-order valence-corrected chi connectivity index (χ4v) is 3.86. The van der Waals surface area contributed by atoms with Gasteiger partial charge in [-0.3, -0.25) is 9.59 Å². The number of hydrogen-bond acceptors (Lipinski definition) is 3. The van der Waals surface area contributed by atoms with Crippen molar-refractivity contribution in [2.24, 2.45) is 0 Å². The molecule has 2 aromatic carbocycles. The molecule has 2 aromatic rings. The van der Waals surface area contributed by atoms with Crippen LogP contribution in [0.25, 0.3) is 0 Å². The minimum atomic E-state index is 0.0163. The first-order valence-electron chi connectivity index (χ1n) is 8.58. The summed E-state index contributed by atoms with van der Waals surface area (Å²) in [6.45, 7) is 2.65. The first-order chi connectivity index (χ1) is 12.2. The SMILES string of the molecule is CCN1C(=O)CCc2cc(NC(=O)CCSc3ccccc3)ccc21. The van der Waals surface area contributed by atoms with Crippen molar-refractivity contribution in [1.82, 2.24) is 0 Å². The zero-order valence-corrected chi connectivity index (χ0v) is 15.1. The van der Waals surface area contributed by atoms with E-state index in [2.05, 4.69) is 5.32 Å². The van der Waals surface area contributed by atoms with Crippen LogP contribution in [-0.2, 0) is 16.0 Å². The van der Waals surface area contributed by atoms with Crippen LogP contribution >= 0.6 is 11.8 Å². The quantitative estimate of drug-likeness (QED) is 0.794. The molecule has 1 N–H and O–H groups in total. The van der Waals surface area contributed by atoms with Gasteiger partial charge in [-0.25, -0.2) is 0 Å². The predicted molar refractivity (Wildman–Crippen MR) is 103 cm³/mol. The largest absolute Gasteiger partial charge is 0.326 e. The Morgan fingerprint density at radius 1 is 1.16 bits per heavy atom. The van der Waals surface area contributed by atoms with Gasteiger partial charge in [0.15, 0.2) is 0 Å². The molecule has 5 heteroatoms. The molecule has 1 heterocycles. The van der Waals surface area contributed by atoms with Crippen LogP contribution in [0.1, 0.15) is 25.3 Å². The Balaban J connectivity index is 1.56. The minimum Gasteiger partial charge on any atom is -0.326 e. The molecular formula is C20H22N2O2S. The van der Waals surface area contributed by atoms with Gasteiger partial charge in [0, 0.05) is 41.4 Å². The third-order valence-electron chi connectivity index (χ3n) is 4.22. The number of anilines is 2. The van der Waals surface area contributed by atoms with Gasteiger partial charge in [-0.1, -0.05) is 18.2 Å². The summed E-state index contributed by atoms with van der Waals surface area (Å²) in [6.07, 6.45) is 1.74. The summed E-state index contributed by atoms with van der Waals surface area (Å²) in [5, 5.41) is 2.97. The zero-order chi connectivity index (χ0) is 17.6. The Morgan fingerprint density at radius 2 is 1.96 bits per heavy atom. The number of carbonyl (C=O) groups excluding carboxylic acids is 2. The minimum absolute atomic E-state index is 0.0163. The number of amides is 2. The smallest absolute Gasteiger partial charge is 0.227 e. The van der Waals surface area contributed by atoms with Crippen LogP contribution < -0.4 is 10.2 Å². The number of fused-ring (bicyclic) bond motifs is 1. The molecule has 0 atom stereocenters. The molecule has 0 unspecified atom stereocenters. The van der Waals surface area contributed by atoms with E-state index in [0.29, 0.717) is 19.4 Å². The summed E-state index contributed by atoms with van der Waals surface area (Å²) in [5.74, 6) is 0.936. The standard InChI is InChI=1S/C20H22N2O2S/c1-2-22-18-10-9-16(14-15(18)8-11-20(22)24)21-19(23)12-13-25-17-6-4-3-5-7-17/h3-7,9-10,14H,2,8,11-13H2,1H3,(H,21,23). The second kappa shape index (κ2) is 8.21. The van der Waals surface area contributed by atoms with E-state index >= 15 is 0 Å². The van der Waals surface area contributed by atoms with Gasteiger partial charge < -0.3 is 10.2 Å². The van der Waals surface area contributed by atoms with E-state index in [4.69, 9.17) is 0 Å². The summed E-state index contributed by atoms with van der Waals surface area (Å²) < 4.78 is 0. The van der Waals surface area contributed by atoms with Crippen molar-refractivity contribution in [3.05, 3.63) is 54.1 Å². The molecule has 0 spiro atoms. The fourth-order valence-electron chi connectivity index (χ4n) is 2.99. The summed E-state index contributed by atoms with van der Waals surface area (Å²) >= 11 is 1.68. The molecule has 0 aliphatic carbocycles. The number of benzene rings is 2. The molecule has 1 aliphatic heterocycles. The molecule has 130 valence electrons. The summed E-state index contributed by atoms with van der Waals surface area (Å²) in [5.41, 5.74) is 2.90. The number of hydrogen-bond donors (Lipinski definition) is 1. The summed E-state index contributed by atoms with van der Waals surface area (Å²) in [6, 6.07) is 15.9. The molecule has 25 heavy (non-hydrogen) atoms. The number of nitrogens with one attached hydrogen (secondary N) is 1. The predicted octanol–water partition coefficient (Wildman–Crippen LogP) is 4.11. The molecule has 3 rings (SSSR count). The average Bonchev–Trinajstić information content (AvgIpc) is 2.62. The summed E-state index contributed by atoms with van der Waals surface area (Å²) in [4.78, 5) is 27.1. The molecule has 0 bridgehead atoms. The maximum absolute atomic E-state index is 12.2. The number of rotatable bonds is 6. The van der Waals surface area contributed by atoms with E-state index in [1.54, 1.807) is 16.7 Å². The number of nitrogens with zero attached hydrogens (tertiary/aromatic N) is 1. The van der Waals surface area contributed by atoms with E-state index in [0.717, 1.165) is 29.1 Å². The third kappa shape index (κ3) is 4.42. The zero-order valence-electron chi connectivity index (χ0n) is 14.3. The van der Waals surface area contributed by atoms with Gasteiger partial charge in [0.2, 0.25) is 11.8 Å². The van der Waals surface area contributed by atoms with Gasteiger partial charge >= 0.3 is 0 Å². The molecule has 0 radical (unpaired) electrons. The highest BCUT2D eigenvalue weighted by Crippen LogP contribution is 2.30. The van der Waals surface area contributed by atoms with Gasteiger partial charge in [-0.2, -0.15) is 0 Å². The van der Waals surface area contributed by atoms with Crippen molar-refractivity contribution >= 4 is 35.0 Å². The van der Waals surface area contributed by atoms with Crippen LogP contribution in [-0.4, -0.2) is 24.1 Å². The maximum Gasteiger partial charge on any atom is 0.227 e. The Bertz CT molecular complexity index is 762. The molecule has 2 amide bonds. The lowest BCUT2D eigenvalue weighted by atomic mass is 10.0. The molecule has 1 aliphatic rings. The first-order valence-corrected chi connectivity index (χ1v) is 9.57. The van der Waals surface area contributed by atoms with E-state index < -0.39 is 0 Å². The van der Waals surface area contributed by atoms with Gasteiger partial charge in [0.1, 0.15) is 0 Å². The van der Waals surface area contributed by atoms with Crippen LogP contribution in [0.3, 0.4) is 0 Å². The van der Waals surface area contributed by atoms with Crippen molar-refractivity contribution in [2.75, 3.05) is 22.5 Å². The fraction of sp³-hybridized carbons (Fsp3) is 0.300. The van der Waals surface area contributed by atoms with Crippen LogP contribution in [0.15, 0.2) is 53.4 Å². The lowest BCUT2D eigenvalue weighted by Gasteiger charge is -2.28. The highest BCUT2D eigenvalue weighted by molar-refractivity contribution is 7.99. The molecule has 4 nitrogen and oxygen atoms in total. The third-order valence-corrected chi connectivity index (χ3v) is 5.23. The van der Waals surface area contributed by atoms with E-state index in [1.165, 1.54) is 4.90 Å². The highest BCUT2D eigenvalue weighted by Gasteiger charge is 2.22. The van der Waals surface area contributed by atoms with Gasteiger partial charge in [0.25, 0.3) is 0 Å². The normalized spacial score (nSPS) is 13.5. The van der Waals surface area contributed by atoms with E-state index in [-0.39, 0.29) is 11.8 Å². The lowest BCUT2D eigenvalue weighted by Crippen LogP contribution is -2.34. The van der Waals surface area contributed by atoms with Crippen molar-refractivity contribution in [1.29, 1.82) is 0 Å². The lowest BCUT2D eigenvalue weighted by molar-refractivity contribution is -0.119. The Morgan fingerprint density at radius 3 is 2.72 bits per heavy atom. The van der Waals surface area contributed by atoms with E-state index in [1.807, 2.05) is 55.5 Å². The topological polar surface area (TPSA) is 49.4 Å². The first kappa shape index (κ1) is 17.5. The second-order valence-electron chi connectivity index (χ2n) is 5.94. The molecule has 0 fully saturated rings. The molecular weight excluding hydrogens is 332 g/mol. The van der Waals surface area contributed by atoms with Crippen molar-refractivity contribution in [3.8, 4) is 0 Å². The van der Waals surface area contributed by atoms with Crippen molar-refractivity contribution in [3.63, 3.8) is 0 Å². The van der Waals surface area contributed by atoms with Crippen molar-refractivity contribution < 1.29 is 9.59 Å². The number of carbonyl (C=O) groups is 2. The van der Waals surface area contributed by atoms with Crippen LogP contribution in [0.2, 0.25) is 0 Å². The second-order valence-corrected chi connectivity index (χ2v) is 7.11. The van der Waals surface area contributed by atoms with Crippen LogP contribution in [0.4, 0.5) is 11.4 Å². The maximum atomic E-state index is 12.2. The average molecular weight is 354 g/mol. The van der Waals surface area contributed by atoms with Gasteiger partial charge in [-0.15, -0.1) is 11.8 Å². The number of aryl methyl sites for hydroxylation is 1. The van der Waals surface area contributed by atoms with Crippen LogP contribution in [0.5, 0.6) is 0 Å². The molecule has 0 saturated heterocycles. The monoisotopic (exact) mass is 354 g/mol. The van der Waals surface area contributed by atoms with Crippen molar-refractivity contribution in [2.45, 2.75) is 31.1 Å². The highest BCUT2D eigenvalue weighted by atomic mass is 32.2. The Hall–Kier alpha value is -2.27. The molecule has 0 saturated carbocycles. The van der Waals surface area contributed by atoms with Gasteiger partial charge in [0.05, 0.1) is 0 Å². The van der Waals surface area contributed by atoms with Gasteiger partial charge in [-0.05, 0) is 49.2 Å². The Kier molecular flexibility index (Phi) is 5.76. The Labute approximate surface area is 152 Å². The molecule has 0 aromatic heterocycles. The van der Waals surface area contributed by atoms with Crippen LogP contribution in [0, 0.1) is 0 Å². The number of thioether (sulfide) groups is 1. The van der Waals surface area contributed by atoms with E-state index in [9.17, 15) is 9.59 Å². The summed E-state index contributed by atoms with van der Waals surface area (Å²) in [7, 11) is 0.